The number of aliphatic hydroxyl groups excluding tert-OH is 1. The van der Waals surface area contributed by atoms with Gasteiger partial charge in [0.1, 0.15) is 0 Å². The maximum absolute atomic E-state index is 12.3. The Morgan fingerprint density at radius 2 is 2.05 bits per heavy atom. The van der Waals surface area contributed by atoms with Gasteiger partial charge in [-0.25, -0.2) is 0 Å². The zero-order valence-electron chi connectivity index (χ0n) is 12.8. The van der Waals surface area contributed by atoms with Crippen LogP contribution < -0.4 is 10.6 Å². The molecule has 0 aromatic carbocycles. The zero-order valence-corrected chi connectivity index (χ0v) is 12.8. The van der Waals surface area contributed by atoms with Crippen LogP contribution in [0.2, 0.25) is 0 Å². The SMILES string of the molecule is CC(C)C(O)CNC(=O)C1CCCN1C1CCNCC1. The van der Waals surface area contributed by atoms with Gasteiger partial charge in [0.15, 0.2) is 0 Å². The minimum Gasteiger partial charge on any atom is -0.391 e. The van der Waals surface area contributed by atoms with Crippen LogP contribution in [-0.2, 0) is 4.79 Å². The van der Waals surface area contributed by atoms with Crippen molar-refractivity contribution in [2.45, 2.75) is 57.7 Å². The Balaban J connectivity index is 1.84. The molecule has 0 aliphatic carbocycles. The molecule has 2 aliphatic heterocycles. The smallest absolute Gasteiger partial charge is 0.237 e. The average molecular weight is 283 g/mol. The number of piperidine rings is 1. The van der Waals surface area contributed by atoms with Crippen molar-refractivity contribution in [3.63, 3.8) is 0 Å². The fourth-order valence-electron chi connectivity index (χ4n) is 3.20. The first-order chi connectivity index (χ1) is 9.59. The van der Waals surface area contributed by atoms with Gasteiger partial charge in [-0.05, 0) is 51.2 Å². The molecule has 2 aliphatic rings. The number of carbonyl (C=O) groups is 1. The minimum absolute atomic E-state index is 0.0115. The number of aliphatic hydroxyl groups is 1. The van der Waals surface area contributed by atoms with Gasteiger partial charge in [-0.2, -0.15) is 0 Å². The summed E-state index contributed by atoms with van der Waals surface area (Å²) < 4.78 is 0. The summed E-state index contributed by atoms with van der Waals surface area (Å²) in [6.07, 6.45) is 3.88. The number of rotatable bonds is 5. The van der Waals surface area contributed by atoms with Crippen LogP contribution in [0.15, 0.2) is 0 Å². The molecule has 3 N–H and O–H groups in total. The molecular weight excluding hydrogens is 254 g/mol. The average Bonchev–Trinajstić information content (AvgIpc) is 2.94. The molecule has 2 saturated heterocycles. The van der Waals surface area contributed by atoms with Gasteiger partial charge in [0.2, 0.25) is 5.91 Å². The Hall–Kier alpha value is -0.650. The first-order valence-electron chi connectivity index (χ1n) is 8.02. The van der Waals surface area contributed by atoms with Crippen LogP contribution in [-0.4, -0.2) is 60.3 Å². The highest BCUT2D eigenvalue weighted by molar-refractivity contribution is 5.82. The summed E-state index contributed by atoms with van der Waals surface area (Å²) in [4.78, 5) is 14.7. The highest BCUT2D eigenvalue weighted by Gasteiger charge is 2.35. The molecule has 0 bridgehead atoms. The Bertz CT molecular complexity index is 316. The Morgan fingerprint density at radius 1 is 1.35 bits per heavy atom. The van der Waals surface area contributed by atoms with E-state index in [4.69, 9.17) is 0 Å². The highest BCUT2D eigenvalue weighted by Crippen LogP contribution is 2.24. The zero-order chi connectivity index (χ0) is 14.5. The molecule has 2 rings (SSSR count). The Labute approximate surface area is 122 Å². The quantitative estimate of drug-likeness (QED) is 0.681. The van der Waals surface area contributed by atoms with Gasteiger partial charge in [0, 0.05) is 12.6 Å². The summed E-state index contributed by atoms with van der Waals surface area (Å²) >= 11 is 0. The number of nitrogens with zero attached hydrogens (tertiary/aromatic N) is 1. The van der Waals surface area contributed by atoms with Crippen molar-refractivity contribution in [2.24, 2.45) is 5.92 Å². The van der Waals surface area contributed by atoms with Gasteiger partial charge in [0.05, 0.1) is 12.1 Å². The third-order valence-electron chi connectivity index (χ3n) is 4.63. The molecule has 5 nitrogen and oxygen atoms in total. The van der Waals surface area contributed by atoms with Crippen LogP contribution in [0.25, 0.3) is 0 Å². The van der Waals surface area contributed by atoms with Crippen molar-refractivity contribution in [3.05, 3.63) is 0 Å². The lowest BCUT2D eigenvalue weighted by Crippen LogP contribution is -2.51. The van der Waals surface area contributed by atoms with Gasteiger partial charge in [0.25, 0.3) is 0 Å². The molecule has 0 saturated carbocycles. The second-order valence-corrected chi connectivity index (χ2v) is 6.43. The topological polar surface area (TPSA) is 64.6 Å². The molecule has 20 heavy (non-hydrogen) atoms. The number of carbonyl (C=O) groups excluding carboxylic acids is 1. The van der Waals surface area contributed by atoms with E-state index in [1.807, 2.05) is 13.8 Å². The normalized spacial score (nSPS) is 26.9. The summed E-state index contributed by atoms with van der Waals surface area (Å²) in [6, 6.07) is 0.557. The molecule has 0 radical (unpaired) electrons. The number of likely N-dealkylation sites (tertiary alicyclic amines) is 1. The largest absolute Gasteiger partial charge is 0.391 e. The Kier molecular flexibility index (Phi) is 5.81. The third kappa shape index (κ3) is 3.93. The van der Waals surface area contributed by atoms with E-state index in [9.17, 15) is 9.90 Å². The van der Waals surface area contributed by atoms with Crippen molar-refractivity contribution < 1.29 is 9.90 Å². The summed E-state index contributed by atoms with van der Waals surface area (Å²) in [5.74, 6) is 0.278. The van der Waals surface area contributed by atoms with Crippen molar-refractivity contribution in [2.75, 3.05) is 26.2 Å². The fraction of sp³-hybridized carbons (Fsp3) is 0.933. The second kappa shape index (κ2) is 7.38. The number of nitrogens with one attached hydrogen (secondary N) is 2. The molecule has 0 spiro atoms. The van der Waals surface area contributed by atoms with E-state index in [1.54, 1.807) is 0 Å². The standard InChI is InChI=1S/C15H29N3O2/c1-11(2)14(19)10-17-15(20)13-4-3-9-18(13)12-5-7-16-8-6-12/h11-14,16,19H,3-10H2,1-2H3,(H,17,20). The minimum atomic E-state index is -0.451. The van der Waals surface area contributed by atoms with E-state index in [0.717, 1.165) is 45.3 Å². The molecule has 2 unspecified atom stereocenters. The van der Waals surface area contributed by atoms with Crippen LogP contribution in [0.4, 0.5) is 0 Å². The molecule has 2 heterocycles. The van der Waals surface area contributed by atoms with Gasteiger partial charge < -0.3 is 15.7 Å². The van der Waals surface area contributed by atoms with Gasteiger partial charge in [-0.3, -0.25) is 9.69 Å². The van der Waals surface area contributed by atoms with E-state index in [0.29, 0.717) is 12.6 Å². The first kappa shape index (κ1) is 15.7. The van der Waals surface area contributed by atoms with Crippen molar-refractivity contribution in [3.8, 4) is 0 Å². The third-order valence-corrected chi connectivity index (χ3v) is 4.63. The summed E-state index contributed by atoms with van der Waals surface area (Å²) in [6.45, 7) is 7.45. The molecular formula is C15H29N3O2. The molecule has 2 atom stereocenters. The van der Waals surface area contributed by atoms with E-state index in [-0.39, 0.29) is 17.9 Å². The summed E-state index contributed by atoms with van der Waals surface area (Å²) in [5, 5.41) is 16.1. The van der Waals surface area contributed by atoms with Crippen LogP contribution in [0.3, 0.4) is 0 Å². The van der Waals surface area contributed by atoms with E-state index >= 15 is 0 Å². The monoisotopic (exact) mass is 283 g/mol. The molecule has 2 fully saturated rings. The van der Waals surface area contributed by atoms with Crippen LogP contribution >= 0.6 is 0 Å². The summed E-state index contributed by atoms with van der Waals surface area (Å²) in [5.41, 5.74) is 0. The molecule has 1 amide bonds. The molecule has 5 heteroatoms. The molecule has 0 aromatic heterocycles. The maximum atomic E-state index is 12.3. The summed E-state index contributed by atoms with van der Waals surface area (Å²) in [7, 11) is 0. The van der Waals surface area contributed by atoms with Crippen molar-refractivity contribution in [1.82, 2.24) is 15.5 Å². The van der Waals surface area contributed by atoms with Gasteiger partial charge >= 0.3 is 0 Å². The lowest BCUT2D eigenvalue weighted by Gasteiger charge is -2.35. The Morgan fingerprint density at radius 3 is 2.70 bits per heavy atom. The van der Waals surface area contributed by atoms with E-state index in [2.05, 4.69) is 15.5 Å². The van der Waals surface area contributed by atoms with Gasteiger partial charge in [-0.1, -0.05) is 13.8 Å². The number of hydrogen-bond acceptors (Lipinski definition) is 4. The molecule has 116 valence electrons. The van der Waals surface area contributed by atoms with Crippen LogP contribution in [0, 0.1) is 5.92 Å². The number of amides is 1. The van der Waals surface area contributed by atoms with Gasteiger partial charge in [-0.15, -0.1) is 0 Å². The predicted octanol–water partition coefficient (Wildman–Crippen LogP) is 0.336. The van der Waals surface area contributed by atoms with E-state index in [1.165, 1.54) is 0 Å². The van der Waals surface area contributed by atoms with Crippen molar-refractivity contribution in [1.29, 1.82) is 0 Å². The lowest BCUT2D eigenvalue weighted by atomic mass is 10.0. The first-order valence-corrected chi connectivity index (χ1v) is 8.02. The van der Waals surface area contributed by atoms with E-state index < -0.39 is 6.10 Å². The predicted molar refractivity (Wildman–Crippen MR) is 79.5 cm³/mol. The maximum Gasteiger partial charge on any atom is 0.237 e. The molecule has 0 aromatic rings. The highest BCUT2D eigenvalue weighted by atomic mass is 16.3. The van der Waals surface area contributed by atoms with Crippen LogP contribution in [0.5, 0.6) is 0 Å². The lowest BCUT2D eigenvalue weighted by molar-refractivity contribution is -0.127. The van der Waals surface area contributed by atoms with Crippen LogP contribution in [0.1, 0.15) is 39.5 Å². The van der Waals surface area contributed by atoms with Crippen molar-refractivity contribution >= 4 is 5.91 Å². The second-order valence-electron chi connectivity index (χ2n) is 6.43. The fourth-order valence-corrected chi connectivity index (χ4v) is 3.20. The number of hydrogen-bond donors (Lipinski definition) is 3.